The summed E-state index contributed by atoms with van der Waals surface area (Å²) in [6.45, 7) is 3.59. The maximum absolute atomic E-state index is 9.68. The van der Waals surface area contributed by atoms with Crippen LogP contribution in [0.4, 0.5) is 0 Å². The molecule has 1 aromatic rings. The van der Waals surface area contributed by atoms with Gasteiger partial charge in [-0.15, -0.1) is 0 Å². The number of rotatable bonds is 3. The summed E-state index contributed by atoms with van der Waals surface area (Å²) in [5.74, 6) is 0.515. The Morgan fingerprint density at radius 1 is 1.40 bits per heavy atom. The highest BCUT2D eigenvalue weighted by atomic mass is 16.5. The van der Waals surface area contributed by atoms with Crippen LogP contribution in [-0.4, -0.2) is 23.9 Å². The van der Waals surface area contributed by atoms with E-state index in [2.05, 4.69) is 0 Å². The number of phenolic OH excluding ortho intramolecular Hbond substituents is 1. The summed E-state index contributed by atoms with van der Waals surface area (Å²) >= 11 is 0. The molecule has 0 saturated heterocycles. The van der Waals surface area contributed by atoms with Crippen molar-refractivity contribution >= 4 is 0 Å². The highest BCUT2D eigenvalue weighted by molar-refractivity contribution is 5.53. The molecule has 0 heterocycles. The van der Waals surface area contributed by atoms with E-state index in [0.717, 1.165) is 16.7 Å². The van der Waals surface area contributed by atoms with Crippen LogP contribution in [0.2, 0.25) is 0 Å². The Hall–Kier alpha value is -1.26. The number of phenols is 1. The van der Waals surface area contributed by atoms with E-state index in [1.165, 1.54) is 7.11 Å². The van der Waals surface area contributed by atoms with E-state index >= 15 is 0 Å². The Bertz CT molecular complexity index is 363. The maximum atomic E-state index is 9.68. The van der Waals surface area contributed by atoms with Crippen molar-refractivity contribution in [1.29, 1.82) is 0 Å². The molecule has 0 aliphatic rings. The minimum absolute atomic E-state index is 0.0551. The van der Waals surface area contributed by atoms with Crippen LogP contribution in [0.15, 0.2) is 6.07 Å². The number of benzene rings is 1. The Morgan fingerprint density at radius 2 is 2.00 bits per heavy atom. The van der Waals surface area contributed by atoms with Crippen LogP contribution in [0.25, 0.3) is 0 Å². The second kappa shape index (κ2) is 4.51. The van der Waals surface area contributed by atoms with E-state index in [1.54, 1.807) is 6.07 Å². The summed E-state index contributed by atoms with van der Waals surface area (Å²) in [4.78, 5) is 0. The van der Waals surface area contributed by atoms with Crippen molar-refractivity contribution in [2.45, 2.75) is 19.9 Å². The fourth-order valence-electron chi connectivity index (χ4n) is 1.64. The summed E-state index contributed by atoms with van der Waals surface area (Å²) in [5, 5.41) is 18.7. The standard InChI is InChI=1S/C11H17NO3/c1-6-7(2)11(15-3)10(14)4-8(6)9(12)5-13/h4,9,13-14H,5,12H2,1-3H3. The molecule has 1 rings (SSSR count). The molecule has 4 N–H and O–H groups in total. The van der Waals surface area contributed by atoms with Gasteiger partial charge in [-0.2, -0.15) is 0 Å². The monoisotopic (exact) mass is 211 g/mol. The molecule has 0 aliphatic heterocycles. The summed E-state index contributed by atoms with van der Waals surface area (Å²) in [5.41, 5.74) is 8.25. The number of ether oxygens (including phenoxy) is 1. The van der Waals surface area contributed by atoms with E-state index < -0.39 is 6.04 Å². The molecule has 1 atom stereocenters. The van der Waals surface area contributed by atoms with Gasteiger partial charge < -0.3 is 20.7 Å². The van der Waals surface area contributed by atoms with Crippen molar-refractivity contribution in [1.82, 2.24) is 0 Å². The summed E-state index contributed by atoms with van der Waals surface area (Å²) < 4.78 is 5.07. The molecule has 0 fully saturated rings. The molecule has 0 saturated carbocycles. The molecular formula is C11H17NO3. The van der Waals surface area contributed by atoms with Crippen molar-refractivity contribution in [3.8, 4) is 11.5 Å². The lowest BCUT2D eigenvalue weighted by Crippen LogP contribution is -2.16. The van der Waals surface area contributed by atoms with Gasteiger partial charge in [0.1, 0.15) is 0 Å². The van der Waals surface area contributed by atoms with Crippen LogP contribution in [0.3, 0.4) is 0 Å². The number of aliphatic hydroxyl groups excluding tert-OH is 1. The molecule has 15 heavy (non-hydrogen) atoms. The number of aromatic hydroxyl groups is 1. The first-order valence-corrected chi connectivity index (χ1v) is 4.76. The molecule has 0 amide bonds. The van der Waals surface area contributed by atoms with Crippen LogP contribution in [0.1, 0.15) is 22.7 Å². The van der Waals surface area contributed by atoms with Gasteiger partial charge in [-0.05, 0) is 36.6 Å². The predicted molar refractivity (Wildman–Crippen MR) is 58.1 cm³/mol. The van der Waals surface area contributed by atoms with Crippen molar-refractivity contribution in [3.05, 3.63) is 22.8 Å². The van der Waals surface area contributed by atoms with Crippen molar-refractivity contribution in [3.63, 3.8) is 0 Å². The van der Waals surface area contributed by atoms with Gasteiger partial charge in [0.25, 0.3) is 0 Å². The SMILES string of the molecule is COc1c(O)cc(C(N)CO)c(C)c1C. The highest BCUT2D eigenvalue weighted by Gasteiger charge is 2.16. The number of nitrogens with two attached hydrogens (primary N) is 1. The van der Waals surface area contributed by atoms with Gasteiger partial charge in [0.05, 0.1) is 19.8 Å². The van der Waals surface area contributed by atoms with Gasteiger partial charge in [0.2, 0.25) is 0 Å². The molecule has 0 aliphatic carbocycles. The first-order valence-electron chi connectivity index (χ1n) is 4.76. The van der Waals surface area contributed by atoms with Crippen LogP contribution < -0.4 is 10.5 Å². The van der Waals surface area contributed by atoms with Gasteiger partial charge >= 0.3 is 0 Å². The van der Waals surface area contributed by atoms with E-state index in [1.807, 2.05) is 13.8 Å². The van der Waals surface area contributed by atoms with Crippen LogP contribution in [0.5, 0.6) is 11.5 Å². The lowest BCUT2D eigenvalue weighted by atomic mass is 9.97. The zero-order valence-electron chi connectivity index (χ0n) is 9.24. The van der Waals surface area contributed by atoms with Gasteiger partial charge in [0.15, 0.2) is 11.5 Å². The first-order chi connectivity index (χ1) is 7.02. The Labute approximate surface area is 89.3 Å². The second-order valence-corrected chi connectivity index (χ2v) is 3.56. The van der Waals surface area contributed by atoms with Gasteiger partial charge in [-0.3, -0.25) is 0 Å². The number of hydrogen-bond donors (Lipinski definition) is 3. The Kier molecular flexibility index (Phi) is 3.55. The third-order valence-corrected chi connectivity index (χ3v) is 2.66. The zero-order chi connectivity index (χ0) is 11.6. The molecule has 1 unspecified atom stereocenters. The van der Waals surface area contributed by atoms with Crippen molar-refractivity contribution in [2.75, 3.05) is 13.7 Å². The lowest BCUT2D eigenvalue weighted by Gasteiger charge is -2.17. The number of methoxy groups -OCH3 is 1. The third kappa shape index (κ3) is 2.06. The van der Waals surface area contributed by atoms with Crippen LogP contribution in [-0.2, 0) is 0 Å². The zero-order valence-corrected chi connectivity index (χ0v) is 9.24. The fourth-order valence-corrected chi connectivity index (χ4v) is 1.64. The fraction of sp³-hybridized carbons (Fsp3) is 0.455. The third-order valence-electron chi connectivity index (χ3n) is 2.66. The van der Waals surface area contributed by atoms with E-state index in [0.29, 0.717) is 5.75 Å². The van der Waals surface area contributed by atoms with Gasteiger partial charge in [0, 0.05) is 0 Å². The molecule has 4 nitrogen and oxygen atoms in total. The first kappa shape index (κ1) is 11.8. The molecular weight excluding hydrogens is 194 g/mol. The highest BCUT2D eigenvalue weighted by Crippen LogP contribution is 2.35. The van der Waals surface area contributed by atoms with Crippen LogP contribution >= 0.6 is 0 Å². The maximum Gasteiger partial charge on any atom is 0.163 e. The van der Waals surface area contributed by atoms with Crippen LogP contribution in [0, 0.1) is 13.8 Å². The molecule has 4 heteroatoms. The summed E-state index contributed by atoms with van der Waals surface area (Å²) in [6, 6.07) is 1.07. The smallest absolute Gasteiger partial charge is 0.163 e. The topological polar surface area (TPSA) is 75.7 Å². The normalized spacial score (nSPS) is 12.6. The molecule has 0 bridgehead atoms. The largest absolute Gasteiger partial charge is 0.504 e. The van der Waals surface area contributed by atoms with Crippen molar-refractivity contribution < 1.29 is 14.9 Å². The molecule has 1 aromatic carbocycles. The van der Waals surface area contributed by atoms with Crippen molar-refractivity contribution in [2.24, 2.45) is 5.73 Å². The quantitative estimate of drug-likeness (QED) is 0.697. The minimum Gasteiger partial charge on any atom is -0.504 e. The second-order valence-electron chi connectivity index (χ2n) is 3.56. The van der Waals surface area contributed by atoms with E-state index in [-0.39, 0.29) is 12.4 Å². The summed E-state index contributed by atoms with van der Waals surface area (Å²) in [6.07, 6.45) is 0. The van der Waals surface area contributed by atoms with E-state index in [4.69, 9.17) is 15.6 Å². The van der Waals surface area contributed by atoms with Gasteiger partial charge in [-0.25, -0.2) is 0 Å². The Morgan fingerprint density at radius 3 is 2.47 bits per heavy atom. The molecule has 0 spiro atoms. The minimum atomic E-state index is -0.472. The Balaban J connectivity index is 3.33. The number of hydrogen-bond acceptors (Lipinski definition) is 4. The predicted octanol–water partition coefficient (Wildman–Crippen LogP) is 1.01. The number of aliphatic hydroxyl groups is 1. The summed E-state index contributed by atoms with van der Waals surface area (Å²) in [7, 11) is 1.51. The van der Waals surface area contributed by atoms with E-state index in [9.17, 15) is 5.11 Å². The average molecular weight is 211 g/mol. The lowest BCUT2D eigenvalue weighted by molar-refractivity contribution is 0.267. The van der Waals surface area contributed by atoms with Gasteiger partial charge in [-0.1, -0.05) is 0 Å². The average Bonchev–Trinajstić information content (AvgIpc) is 2.23. The molecule has 84 valence electrons. The molecule has 0 aromatic heterocycles. The molecule has 0 radical (unpaired) electrons.